The second-order valence-corrected chi connectivity index (χ2v) is 9.63. The number of pyridine rings is 1. The van der Waals surface area contributed by atoms with Gasteiger partial charge in [-0.3, -0.25) is 19.1 Å². The van der Waals surface area contributed by atoms with Crippen LogP contribution in [0.3, 0.4) is 0 Å². The van der Waals surface area contributed by atoms with Gasteiger partial charge in [0.2, 0.25) is 0 Å². The van der Waals surface area contributed by atoms with Crippen molar-refractivity contribution in [2.75, 3.05) is 25.6 Å². The fraction of sp³-hybridized carbons (Fsp3) is 0.333. The van der Waals surface area contributed by atoms with Crippen molar-refractivity contribution in [1.82, 2.24) is 9.47 Å². The largest absolute Gasteiger partial charge is 0.385 e. The number of nitrogens with zero attached hydrogens (tertiary/aromatic N) is 3. The minimum Gasteiger partial charge on any atom is -0.385 e. The first kappa shape index (κ1) is 26.0. The summed E-state index contributed by atoms with van der Waals surface area (Å²) in [5, 5.41) is 13.6. The van der Waals surface area contributed by atoms with Crippen molar-refractivity contribution in [3.63, 3.8) is 0 Å². The van der Waals surface area contributed by atoms with Gasteiger partial charge in [0.15, 0.2) is 0 Å². The Kier molecular flexibility index (Phi) is 8.91. The average molecular weight is 517 g/mol. The summed E-state index contributed by atoms with van der Waals surface area (Å²) in [6.07, 6.45) is 2.38. The Bertz CT molecular complexity index is 1250. The van der Waals surface area contributed by atoms with Crippen molar-refractivity contribution < 1.29 is 9.53 Å². The smallest absolute Gasteiger partial charge is 0.270 e. The second-order valence-electron chi connectivity index (χ2n) is 7.55. The van der Waals surface area contributed by atoms with Crippen LogP contribution in [0.2, 0.25) is 5.02 Å². The molecule has 1 fully saturated rings. The van der Waals surface area contributed by atoms with Gasteiger partial charge >= 0.3 is 0 Å². The number of methoxy groups -OCH3 is 1. The molecule has 34 heavy (non-hydrogen) atoms. The number of thiocarbonyl (C=S) groups is 1. The van der Waals surface area contributed by atoms with E-state index in [1.165, 1.54) is 16.3 Å². The predicted octanol–water partition coefficient (Wildman–Crippen LogP) is 4.55. The van der Waals surface area contributed by atoms with Crippen molar-refractivity contribution in [1.29, 1.82) is 5.26 Å². The van der Waals surface area contributed by atoms with Gasteiger partial charge < -0.3 is 10.1 Å². The Morgan fingerprint density at radius 2 is 2.06 bits per heavy atom. The summed E-state index contributed by atoms with van der Waals surface area (Å²) in [6, 6.07) is 9.45. The molecular formula is C24H25ClN4O3S2. The maximum atomic E-state index is 13.1. The third kappa shape index (κ3) is 5.36. The number of hydrogen-bond acceptors (Lipinski definition) is 7. The summed E-state index contributed by atoms with van der Waals surface area (Å²) in [4.78, 5) is 28.1. The molecule has 1 amide bonds. The molecule has 1 saturated heterocycles. The van der Waals surface area contributed by atoms with Crippen LogP contribution in [0.25, 0.3) is 6.08 Å². The first-order valence-electron chi connectivity index (χ1n) is 10.7. The number of thioether (sulfide) groups is 1. The average Bonchev–Trinajstić information content (AvgIpc) is 3.08. The molecule has 2 heterocycles. The van der Waals surface area contributed by atoms with Gasteiger partial charge in [-0.25, -0.2) is 0 Å². The van der Waals surface area contributed by atoms with Crippen molar-refractivity contribution in [3.05, 3.63) is 66.8 Å². The van der Waals surface area contributed by atoms with E-state index in [9.17, 15) is 14.9 Å². The fourth-order valence-electron chi connectivity index (χ4n) is 3.67. The molecule has 178 valence electrons. The zero-order chi connectivity index (χ0) is 24.8. The summed E-state index contributed by atoms with van der Waals surface area (Å²) >= 11 is 12.9. The van der Waals surface area contributed by atoms with Gasteiger partial charge in [-0.2, -0.15) is 5.26 Å². The molecule has 1 aromatic heterocycles. The van der Waals surface area contributed by atoms with Crippen LogP contribution in [-0.2, 0) is 22.6 Å². The number of carbonyl (C=O) groups excluding carboxylic acids is 1. The summed E-state index contributed by atoms with van der Waals surface area (Å²) in [6.45, 7) is 5.24. The SMILES string of the molecule is CCn1c(NCc2ccccc2Cl)c(/C=C2/SC(=S)N(CCCOC)C2=O)c(C)c(C#N)c1=O. The lowest BCUT2D eigenvalue weighted by atomic mass is 10.0. The molecule has 0 radical (unpaired) electrons. The molecule has 0 atom stereocenters. The molecule has 7 nitrogen and oxygen atoms in total. The van der Waals surface area contributed by atoms with Crippen LogP contribution in [0.5, 0.6) is 0 Å². The van der Waals surface area contributed by atoms with Gasteiger partial charge in [0, 0.05) is 43.9 Å². The first-order valence-corrected chi connectivity index (χ1v) is 12.3. The molecule has 0 aliphatic carbocycles. The monoisotopic (exact) mass is 516 g/mol. The minimum atomic E-state index is -0.381. The Morgan fingerprint density at radius 1 is 1.32 bits per heavy atom. The highest BCUT2D eigenvalue weighted by atomic mass is 35.5. The third-order valence-electron chi connectivity index (χ3n) is 5.47. The number of nitrogens with one attached hydrogen (secondary N) is 1. The highest BCUT2D eigenvalue weighted by Crippen LogP contribution is 2.35. The van der Waals surface area contributed by atoms with Crippen LogP contribution >= 0.6 is 35.6 Å². The van der Waals surface area contributed by atoms with Crippen LogP contribution in [0.4, 0.5) is 5.82 Å². The molecular weight excluding hydrogens is 492 g/mol. The number of aromatic nitrogens is 1. The van der Waals surface area contributed by atoms with E-state index in [0.717, 1.165) is 5.56 Å². The molecule has 0 bridgehead atoms. The van der Waals surface area contributed by atoms with E-state index in [1.807, 2.05) is 31.2 Å². The Labute approximate surface area is 213 Å². The van der Waals surface area contributed by atoms with E-state index in [2.05, 4.69) is 5.32 Å². The maximum Gasteiger partial charge on any atom is 0.270 e. The summed E-state index contributed by atoms with van der Waals surface area (Å²) in [7, 11) is 1.61. The van der Waals surface area contributed by atoms with Gasteiger partial charge in [-0.05, 0) is 43.5 Å². The Balaban J connectivity index is 2.07. The summed E-state index contributed by atoms with van der Waals surface area (Å²) in [5.74, 6) is 0.323. The van der Waals surface area contributed by atoms with Crippen LogP contribution in [-0.4, -0.2) is 40.0 Å². The van der Waals surface area contributed by atoms with Crippen molar-refractivity contribution >= 4 is 57.7 Å². The minimum absolute atomic E-state index is 0.0481. The van der Waals surface area contributed by atoms with E-state index in [1.54, 1.807) is 31.1 Å². The fourth-order valence-corrected chi connectivity index (χ4v) is 5.16. The van der Waals surface area contributed by atoms with Crippen molar-refractivity contribution in [2.45, 2.75) is 33.4 Å². The zero-order valence-electron chi connectivity index (χ0n) is 19.2. The normalized spacial score (nSPS) is 14.7. The number of hydrogen-bond donors (Lipinski definition) is 1. The highest BCUT2D eigenvalue weighted by molar-refractivity contribution is 8.26. The molecule has 2 aromatic rings. The van der Waals surface area contributed by atoms with E-state index < -0.39 is 0 Å². The highest BCUT2D eigenvalue weighted by Gasteiger charge is 2.32. The van der Waals surface area contributed by atoms with Crippen LogP contribution in [0, 0.1) is 18.3 Å². The number of carbonyl (C=O) groups is 1. The molecule has 1 aliphatic heterocycles. The number of amides is 1. The van der Waals surface area contributed by atoms with Crippen LogP contribution in [0.1, 0.15) is 35.6 Å². The van der Waals surface area contributed by atoms with Gasteiger partial charge in [0.05, 0.1) is 4.91 Å². The van der Waals surface area contributed by atoms with E-state index >= 15 is 0 Å². The van der Waals surface area contributed by atoms with Crippen molar-refractivity contribution in [2.24, 2.45) is 0 Å². The molecule has 1 N–H and O–H groups in total. The summed E-state index contributed by atoms with van der Waals surface area (Å²) < 4.78 is 7.06. The molecule has 0 saturated carbocycles. The number of ether oxygens (including phenoxy) is 1. The zero-order valence-corrected chi connectivity index (χ0v) is 21.6. The molecule has 10 heteroatoms. The number of nitriles is 1. The van der Waals surface area contributed by atoms with E-state index in [4.69, 9.17) is 28.6 Å². The topological polar surface area (TPSA) is 87.4 Å². The van der Waals surface area contributed by atoms with Crippen LogP contribution < -0.4 is 10.9 Å². The van der Waals surface area contributed by atoms with E-state index in [-0.39, 0.29) is 17.0 Å². The molecule has 3 rings (SSSR count). The maximum absolute atomic E-state index is 13.1. The van der Waals surface area contributed by atoms with Crippen molar-refractivity contribution in [3.8, 4) is 6.07 Å². The third-order valence-corrected chi connectivity index (χ3v) is 7.22. The Morgan fingerprint density at radius 3 is 2.71 bits per heavy atom. The number of benzene rings is 1. The molecule has 0 unspecified atom stereocenters. The molecule has 1 aromatic carbocycles. The van der Waals surface area contributed by atoms with Crippen LogP contribution in [0.15, 0.2) is 34.0 Å². The standard InChI is InChI=1S/C24H25ClN4O3S2/c1-4-28-21(27-14-16-8-5-6-9-19(16)25)17(15(2)18(13-26)22(28)30)12-20-23(31)29(24(33)34-20)10-7-11-32-3/h5-6,8-9,12,27H,4,7,10-11,14H2,1-3H3/b20-12+. The van der Waals surface area contributed by atoms with Gasteiger partial charge in [-0.1, -0.05) is 53.8 Å². The van der Waals surface area contributed by atoms with Gasteiger partial charge in [0.1, 0.15) is 21.8 Å². The lowest BCUT2D eigenvalue weighted by molar-refractivity contribution is -0.122. The second kappa shape index (κ2) is 11.7. The van der Waals surface area contributed by atoms with E-state index in [0.29, 0.717) is 63.9 Å². The predicted molar refractivity (Wildman–Crippen MR) is 141 cm³/mol. The number of anilines is 1. The Hall–Kier alpha value is -2.64. The molecule has 0 spiro atoms. The summed E-state index contributed by atoms with van der Waals surface area (Å²) in [5.41, 5.74) is 1.63. The first-order chi connectivity index (χ1) is 16.3. The number of halogens is 1. The molecule has 1 aliphatic rings. The quantitative estimate of drug-likeness (QED) is 0.297. The number of rotatable bonds is 9. The van der Waals surface area contributed by atoms with Gasteiger partial charge in [0.25, 0.3) is 11.5 Å². The lowest BCUT2D eigenvalue weighted by Gasteiger charge is -2.19. The lowest BCUT2D eigenvalue weighted by Crippen LogP contribution is -2.30. The van der Waals surface area contributed by atoms with Gasteiger partial charge in [-0.15, -0.1) is 0 Å².